The molecule has 128 valence electrons. The van der Waals surface area contributed by atoms with E-state index in [1.165, 1.54) is 30.3 Å². The molecule has 2 aromatic carbocycles. The smallest absolute Gasteiger partial charge is 0.225 e. The molecular formula is C16H14Cl2FNO3S. The van der Waals surface area contributed by atoms with Gasteiger partial charge in [0.25, 0.3) is 0 Å². The summed E-state index contributed by atoms with van der Waals surface area (Å²) in [7, 11) is -3.51. The minimum absolute atomic E-state index is 0.203. The van der Waals surface area contributed by atoms with Crippen molar-refractivity contribution in [3.05, 3.63) is 63.9 Å². The number of benzene rings is 2. The number of halogens is 3. The topological polar surface area (TPSA) is 63.2 Å². The van der Waals surface area contributed by atoms with Gasteiger partial charge >= 0.3 is 0 Å². The summed E-state index contributed by atoms with van der Waals surface area (Å²) in [5.74, 6) is -1.48. The van der Waals surface area contributed by atoms with E-state index in [0.717, 1.165) is 0 Å². The number of carbonyl (C=O) groups is 1. The van der Waals surface area contributed by atoms with Crippen LogP contribution in [0, 0.1) is 5.82 Å². The fourth-order valence-electron chi connectivity index (χ4n) is 1.95. The highest BCUT2D eigenvalue weighted by Crippen LogP contribution is 2.23. The number of nitrogens with one attached hydrogen (secondary N) is 1. The Morgan fingerprint density at radius 1 is 1.08 bits per heavy atom. The van der Waals surface area contributed by atoms with Gasteiger partial charge in [0.15, 0.2) is 9.84 Å². The summed E-state index contributed by atoms with van der Waals surface area (Å²) in [6.07, 6.45) is -0.203. The third kappa shape index (κ3) is 5.78. The lowest BCUT2D eigenvalue weighted by atomic mass is 10.2. The van der Waals surface area contributed by atoms with Crippen LogP contribution in [-0.4, -0.2) is 20.1 Å². The zero-order valence-corrected chi connectivity index (χ0v) is 14.8. The normalized spacial score (nSPS) is 11.3. The van der Waals surface area contributed by atoms with Crippen molar-refractivity contribution in [1.29, 1.82) is 0 Å². The number of rotatable bonds is 6. The van der Waals surface area contributed by atoms with Crippen LogP contribution in [0.3, 0.4) is 0 Å². The second kappa shape index (κ2) is 7.96. The SMILES string of the molecule is O=C(CCS(=O)(=O)Cc1ccc(Cl)cc1Cl)Nc1ccc(F)cc1. The average molecular weight is 390 g/mol. The van der Waals surface area contributed by atoms with Crippen molar-refractivity contribution in [3.63, 3.8) is 0 Å². The van der Waals surface area contributed by atoms with Gasteiger partial charge in [0, 0.05) is 22.2 Å². The molecule has 8 heteroatoms. The summed E-state index contributed by atoms with van der Waals surface area (Å²) in [5, 5.41) is 3.19. The number of hydrogen-bond acceptors (Lipinski definition) is 3. The molecule has 1 N–H and O–H groups in total. The van der Waals surface area contributed by atoms with E-state index >= 15 is 0 Å². The molecule has 0 aliphatic rings. The number of hydrogen-bond donors (Lipinski definition) is 1. The first-order valence-corrected chi connectivity index (χ1v) is 9.53. The van der Waals surface area contributed by atoms with Crippen LogP contribution >= 0.6 is 23.2 Å². The zero-order valence-electron chi connectivity index (χ0n) is 12.4. The summed E-state index contributed by atoms with van der Waals surface area (Å²) in [6, 6.07) is 9.77. The summed E-state index contributed by atoms with van der Waals surface area (Å²) in [6.45, 7) is 0. The molecule has 0 spiro atoms. The molecule has 0 bridgehead atoms. The van der Waals surface area contributed by atoms with E-state index in [1.807, 2.05) is 0 Å². The first kappa shape index (κ1) is 18.7. The van der Waals surface area contributed by atoms with Gasteiger partial charge in [-0.05, 0) is 42.0 Å². The van der Waals surface area contributed by atoms with E-state index in [-0.39, 0.29) is 22.9 Å². The van der Waals surface area contributed by atoms with Gasteiger partial charge in [-0.3, -0.25) is 4.79 Å². The standard InChI is InChI=1S/C16H14Cl2FNO3S/c17-12-2-1-11(15(18)9-12)10-24(22,23)8-7-16(21)20-14-5-3-13(19)4-6-14/h1-6,9H,7-8,10H2,(H,20,21). The third-order valence-corrected chi connectivity index (χ3v) is 5.32. The minimum atomic E-state index is -3.51. The van der Waals surface area contributed by atoms with E-state index in [9.17, 15) is 17.6 Å². The molecule has 2 aromatic rings. The van der Waals surface area contributed by atoms with Crippen LogP contribution < -0.4 is 5.32 Å². The van der Waals surface area contributed by atoms with Gasteiger partial charge in [0.05, 0.1) is 11.5 Å². The maximum Gasteiger partial charge on any atom is 0.225 e. The maximum atomic E-state index is 12.8. The molecular weight excluding hydrogens is 376 g/mol. The van der Waals surface area contributed by atoms with Crippen LogP contribution in [0.1, 0.15) is 12.0 Å². The number of anilines is 1. The van der Waals surface area contributed by atoms with Gasteiger partial charge in [0.2, 0.25) is 5.91 Å². The predicted octanol–water partition coefficient (Wildman–Crippen LogP) is 4.08. The van der Waals surface area contributed by atoms with Crippen LogP contribution in [0.2, 0.25) is 10.0 Å². The number of carbonyl (C=O) groups excluding carboxylic acids is 1. The second-order valence-corrected chi connectivity index (χ2v) is 8.16. The highest BCUT2D eigenvalue weighted by Gasteiger charge is 2.16. The Balaban J connectivity index is 1.92. The van der Waals surface area contributed by atoms with Gasteiger partial charge in [-0.15, -0.1) is 0 Å². The number of sulfone groups is 1. The van der Waals surface area contributed by atoms with Gasteiger partial charge in [-0.1, -0.05) is 29.3 Å². The van der Waals surface area contributed by atoms with Crippen LogP contribution in [-0.2, 0) is 20.4 Å². The Kier molecular flexibility index (Phi) is 6.21. The second-order valence-electron chi connectivity index (χ2n) is 5.13. The Morgan fingerprint density at radius 3 is 2.38 bits per heavy atom. The zero-order chi connectivity index (χ0) is 17.7. The molecule has 0 unspecified atom stereocenters. The molecule has 0 radical (unpaired) electrons. The van der Waals surface area contributed by atoms with Crippen molar-refractivity contribution >= 4 is 44.6 Å². The van der Waals surface area contributed by atoms with Crippen LogP contribution in [0.4, 0.5) is 10.1 Å². The first-order chi connectivity index (χ1) is 11.2. The summed E-state index contributed by atoms with van der Waals surface area (Å²) in [4.78, 5) is 11.8. The number of amides is 1. The maximum absolute atomic E-state index is 12.8. The third-order valence-electron chi connectivity index (χ3n) is 3.16. The molecule has 0 aliphatic heterocycles. The van der Waals surface area contributed by atoms with Gasteiger partial charge in [-0.25, -0.2) is 12.8 Å². The molecule has 2 rings (SSSR count). The van der Waals surface area contributed by atoms with E-state index in [1.54, 1.807) is 12.1 Å². The van der Waals surface area contributed by atoms with Crippen LogP contribution in [0.5, 0.6) is 0 Å². The van der Waals surface area contributed by atoms with Crippen molar-refractivity contribution in [3.8, 4) is 0 Å². The van der Waals surface area contributed by atoms with Crippen molar-refractivity contribution in [2.75, 3.05) is 11.1 Å². The predicted molar refractivity (Wildman–Crippen MR) is 93.6 cm³/mol. The van der Waals surface area contributed by atoms with Crippen molar-refractivity contribution in [1.82, 2.24) is 0 Å². The molecule has 1 amide bonds. The lowest BCUT2D eigenvalue weighted by Crippen LogP contribution is -2.18. The Morgan fingerprint density at radius 2 is 1.75 bits per heavy atom. The molecule has 0 heterocycles. The molecule has 0 atom stereocenters. The summed E-state index contributed by atoms with van der Waals surface area (Å²) < 4.78 is 37.0. The molecule has 4 nitrogen and oxygen atoms in total. The largest absolute Gasteiger partial charge is 0.326 e. The first-order valence-electron chi connectivity index (χ1n) is 6.95. The minimum Gasteiger partial charge on any atom is -0.326 e. The molecule has 0 saturated carbocycles. The van der Waals surface area contributed by atoms with E-state index < -0.39 is 21.6 Å². The lowest BCUT2D eigenvalue weighted by molar-refractivity contribution is -0.115. The lowest BCUT2D eigenvalue weighted by Gasteiger charge is -2.08. The van der Waals surface area contributed by atoms with Gasteiger partial charge < -0.3 is 5.32 Å². The van der Waals surface area contributed by atoms with Crippen molar-refractivity contribution in [2.45, 2.75) is 12.2 Å². The molecule has 0 saturated heterocycles. The van der Waals surface area contributed by atoms with Gasteiger partial charge in [0.1, 0.15) is 5.82 Å². The van der Waals surface area contributed by atoms with Crippen molar-refractivity contribution in [2.24, 2.45) is 0 Å². The highest BCUT2D eigenvalue weighted by molar-refractivity contribution is 7.90. The van der Waals surface area contributed by atoms with Crippen molar-refractivity contribution < 1.29 is 17.6 Å². The monoisotopic (exact) mass is 389 g/mol. The quantitative estimate of drug-likeness (QED) is 0.809. The van der Waals surface area contributed by atoms with Crippen LogP contribution in [0.15, 0.2) is 42.5 Å². The Hall–Kier alpha value is -1.63. The van der Waals surface area contributed by atoms with Gasteiger partial charge in [-0.2, -0.15) is 0 Å². The molecule has 0 aliphatic carbocycles. The summed E-state index contributed by atoms with van der Waals surface area (Å²) in [5.41, 5.74) is 0.833. The van der Waals surface area contributed by atoms with E-state index in [0.29, 0.717) is 16.3 Å². The fraction of sp³-hybridized carbons (Fsp3) is 0.188. The highest BCUT2D eigenvalue weighted by atomic mass is 35.5. The van der Waals surface area contributed by atoms with E-state index in [2.05, 4.69) is 5.32 Å². The Labute approximate surface area is 149 Å². The average Bonchev–Trinajstić information content (AvgIpc) is 2.51. The fourth-order valence-corrected chi connectivity index (χ4v) is 3.87. The molecule has 0 aromatic heterocycles. The molecule has 0 fully saturated rings. The Bertz CT molecular complexity index is 839. The molecule has 24 heavy (non-hydrogen) atoms. The van der Waals surface area contributed by atoms with Crippen LogP contribution in [0.25, 0.3) is 0 Å². The summed E-state index contributed by atoms with van der Waals surface area (Å²) >= 11 is 11.7. The van der Waals surface area contributed by atoms with E-state index in [4.69, 9.17) is 23.2 Å².